The second kappa shape index (κ2) is 11.5. The van der Waals surface area contributed by atoms with E-state index in [1.807, 2.05) is 71.3 Å². The number of likely N-dealkylation sites (tertiary alicyclic amines) is 2. The van der Waals surface area contributed by atoms with Crippen LogP contribution in [0.15, 0.2) is 54.6 Å². The molecule has 2 heterocycles. The first-order chi connectivity index (χ1) is 17.4. The van der Waals surface area contributed by atoms with Crippen LogP contribution in [-0.2, 0) is 9.59 Å². The second-order valence-electron chi connectivity index (χ2n) is 9.57. The van der Waals surface area contributed by atoms with Crippen LogP contribution in [0.4, 0.5) is 0 Å². The van der Waals surface area contributed by atoms with Crippen molar-refractivity contribution in [3.63, 3.8) is 0 Å². The smallest absolute Gasteiger partial charge is 0.263 e. The standard InChI is InChI=1S/C29H36N2O5/c1-4-35-26-8-6-5-7-23(26)9-14-27(32)30-18-15-29(16-19-30)17-20-31(21-29)28(33)22(2)36-25-12-10-24(34-3)11-13-25/h5-14,22H,4,15-21H2,1-3H3. The minimum atomic E-state index is -0.556. The van der Waals surface area contributed by atoms with Crippen molar-refractivity contribution in [3.05, 3.63) is 60.2 Å². The van der Waals surface area contributed by atoms with Crippen molar-refractivity contribution < 1.29 is 23.8 Å². The molecule has 0 N–H and O–H groups in total. The number of nitrogens with zero attached hydrogens (tertiary/aromatic N) is 2. The molecule has 0 saturated carbocycles. The van der Waals surface area contributed by atoms with E-state index in [9.17, 15) is 9.59 Å². The number of rotatable bonds is 8. The van der Waals surface area contributed by atoms with Crippen LogP contribution in [0.2, 0.25) is 0 Å². The van der Waals surface area contributed by atoms with Crippen LogP contribution in [0.3, 0.4) is 0 Å². The van der Waals surface area contributed by atoms with E-state index < -0.39 is 6.10 Å². The summed E-state index contributed by atoms with van der Waals surface area (Å²) in [5.41, 5.74) is 0.981. The van der Waals surface area contributed by atoms with Gasteiger partial charge in [-0.05, 0) is 74.9 Å². The summed E-state index contributed by atoms with van der Waals surface area (Å²) in [7, 11) is 1.62. The third kappa shape index (κ3) is 6.01. The number of carbonyl (C=O) groups excluding carboxylic acids is 2. The van der Waals surface area contributed by atoms with Crippen LogP contribution < -0.4 is 14.2 Å². The molecule has 7 nitrogen and oxygen atoms in total. The highest BCUT2D eigenvalue weighted by Crippen LogP contribution is 2.40. The number of amides is 2. The normalized spacial score (nSPS) is 17.9. The fourth-order valence-corrected chi connectivity index (χ4v) is 5.07. The van der Waals surface area contributed by atoms with Gasteiger partial charge in [0.05, 0.1) is 13.7 Å². The molecule has 2 saturated heterocycles. The van der Waals surface area contributed by atoms with Crippen molar-refractivity contribution in [2.45, 2.75) is 39.2 Å². The molecule has 7 heteroatoms. The number of para-hydroxylation sites is 1. The largest absolute Gasteiger partial charge is 0.497 e. The Labute approximate surface area is 213 Å². The molecule has 2 aliphatic rings. The Morgan fingerprint density at radius 1 is 0.972 bits per heavy atom. The molecule has 4 rings (SSSR count). The molecule has 1 atom stereocenters. The predicted molar refractivity (Wildman–Crippen MR) is 139 cm³/mol. The van der Waals surface area contributed by atoms with E-state index in [2.05, 4.69) is 0 Å². The van der Waals surface area contributed by atoms with Gasteiger partial charge in [-0.25, -0.2) is 0 Å². The molecule has 1 unspecified atom stereocenters. The molecule has 2 aromatic rings. The highest BCUT2D eigenvalue weighted by Gasteiger charge is 2.43. The molecule has 36 heavy (non-hydrogen) atoms. The number of hydrogen-bond acceptors (Lipinski definition) is 5. The Kier molecular flexibility index (Phi) is 8.18. The summed E-state index contributed by atoms with van der Waals surface area (Å²) in [5, 5.41) is 0. The molecular formula is C29H36N2O5. The van der Waals surface area contributed by atoms with Crippen molar-refractivity contribution in [2.24, 2.45) is 5.41 Å². The number of methoxy groups -OCH3 is 1. The predicted octanol–water partition coefficient (Wildman–Crippen LogP) is 4.42. The van der Waals surface area contributed by atoms with Crippen LogP contribution in [0.25, 0.3) is 6.08 Å². The van der Waals surface area contributed by atoms with Crippen molar-refractivity contribution in [1.82, 2.24) is 9.80 Å². The Hall–Kier alpha value is -3.48. The molecular weight excluding hydrogens is 456 g/mol. The van der Waals surface area contributed by atoms with Gasteiger partial charge in [0.15, 0.2) is 6.10 Å². The Morgan fingerprint density at radius 3 is 2.28 bits per heavy atom. The Bertz CT molecular complexity index is 1070. The van der Waals surface area contributed by atoms with Gasteiger partial charge in [0.2, 0.25) is 5.91 Å². The molecule has 2 fully saturated rings. The lowest BCUT2D eigenvalue weighted by atomic mass is 9.78. The van der Waals surface area contributed by atoms with Crippen molar-refractivity contribution in [2.75, 3.05) is 39.9 Å². The van der Waals surface area contributed by atoms with Gasteiger partial charge in [-0.15, -0.1) is 0 Å². The van der Waals surface area contributed by atoms with Gasteiger partial charge in [-0.1, -0.05) is 18.2 Å². The topological polar surface area (TPSA) is 68.3 Å². The van der Waals surface area contributed by atoms with E-state index in [1.165, 1.54) is 0 Å². The average molecular weight is 493 g/mol. The van der Waals surface area contributed by atoms with Crippen molar-refractivity contribution in [3.8, 4) is 17.2 Å². The summed E-state index contributed by atoms with van der Waals surface area (Å²) >= 11 is 0. The molecule has 0 aliphatic carbocycles. The van der Waals surface area contributed by atoms with Gasteiger partial charge in [-0.2, -0.15) is 0 Å². The van der Waals surface area contributed by atoms with Crippen LogP contribution in [0, 0.1) is 5.41 Å². The third-order valence-corrected chi connectivity index (χ3v) is 7.23. The lowest BCUT2D eigenvalue weighted by Gasteiger charge is -2.39. The lowest BCUT2D eigenvalue weighted by molar-refractivity contribution is -0.137. The van der Waals surface area contributed by atoms with E-state index in [0.29, 0.717) is 25.4 Å². The first-order valence-electron chi connectivity index (χ1n) is 12.7. The van der Waals surface area contributed by atoms with Crippen LogP contribution in [-0.4, -0.2) is 67.6 Å². The molecule has 2 amide bonds. The molecule has 0 radical (unpaired) electrons. The summed E-state index contributed by atoms with van der Waals surface area (Å²) < 4.78 is 16.7. The zero-order chi connectivity index (χ0) is 25.5. The van der Waals surface area contributed by atoms with E-state index in [-0.39, 0.29) is 17.2 Å². The van der Waals surface area contributed by atoms with Crippen LogP contribution in [0.1, 0.15) is 38.7 Å². The molecule has 1 spiro atoms. The first-order valence-corrected chi connectivity index (χ1v) is 12.7. The number of carbonyl (C=O) groups is 2. The quantitative estimate of drug-likeness (QED) is 0.511. The summed E-state index contributed by atoms with van der Waals surface area (Å²) in [6.07, 6.45) is 5.68. The van der Waals surface area contributed by atoms with E-state index >= 15 is 0 Å². The summed E-state index contributed by atoms with van der Waals surface area (Å²) in [6, 6.07) is 15.0. The third-order valence-electron chi connectivity index (χ3n) is 7.23. The lowest BCUT2D eigenvalue weighted by Crippen LogP contribution is -2.45. The van der Waals surface area contributed by atoms with Gasteiger partial charge < -0.3 is 24.0 Å². The number of hydrogen-bond donors (Lipinski definition) is 0. The fourth-order valence-electron chi connectivity index (χ4n) is 5.07. The number of ether oxygens (including phenoxy) is 3. The minimum Gasteiger partial charge on any atom is -0.497 e. The molecule has 192 valence electrons. The Balaban J connectivity index is 1.28. The molecule has 2 aliphatic heterocycles. The van der Waals surface area contributed by atoms with Crippen LogP contribution in [0.5, 0.6) is 17.2 Å². The van der Waals surface area contributed by atoms with Gasteiger partial charge >= 0.3 is 0 Å². The maximum atomic E-state index is 13.1. The van der Waals surface area contributed by atoms with Crippen LogP contribution >= 0.6 is 0 Å². The van der Waals surface area contributed by atoms with E-state index in [0.717, 1.165) is 49.4 Å². The summed E-state index contributed by atoms with van der Waals surface area (Å²) in [4.78, 5) is 29.7. The van der Waals surface area contributed by atoms with E-state index in [1.54, 1.807) is 20.1 Å². The van der Waals surface area contributed by atoms with Gasteiger partial charge in [0.1, 0.15) is 17.2 Å². The van der Waals surface area contributed by atoms with Crippen molar-refractivity contribution in [1.29, 1.82) is 0 Å². The van der Waals surface area contributed by atoms with Gasteiger partial charge in [-0.3, -0.25) is 9.59 Å². The maximum Gasteiger partial charge on any atom is 0.263 e. The number of piperidine rings is 1. The average Bonchev–Trinajstić information content (AvgIpc) is 3.31. The monoisotopic (exact) mass is 492 g/mol. The Morgan fingerprint density at radius 2 is 1.61 bits per heavy atom. The van der Waals surface area contributed by atoms with Gasteiger partial charge in [0, 0.05) is 37.8 Å². The fraction of sp³-hybridized carbons (Fsp3) is 0.448. The molecule has 0 aromatic heterocycles. The second-order valence-corrected chi connectivity index (χ2v) is 9.57. The summed E-state index contributed by atoms with van der Waals surface area (Å²) in [5.74, 6) is 2.20. The SMILES string of the molecule is CCOc1ccccc1C=CC(=O)N1CCC2(CC1)CCN(C(=O)C(C)Oc1ccc(OC)cc1)C2. The minimum absolute atomic E-state index is 0.0112. The molecule has 0 bridgehead atoms. The number of benzene rings is 2. The zero-order valence-electron chi connectivity index (χ0n) is 21.4. The van der Waals surface area contributed by atoms with Gasteiger partial charge in [0.25, 0.3) is 5.91 Å². The maximum absolute atomic E-state index is 13.1. The molecule has 2 aromatic carbocycles. The van der Waals surface area contributed by atoms with E-state index in [4.69, 9.17) is 14.2 Å². The summed E-state index contributed by atoms with van der Waals surface area (Å²) in [6.45, 7) is 7.20. The zero-order valence-corrected chi connectivity index (χ0v) is 21.4. The first kappa shape index (κ1) is 25.6. The van der Waals surface area contributed by atoms with Crippen molar-refractivity contribution >= 4 is 17.9 Å². The highest BCUT2D eigenvalue weighted by atomic mass is 16.5. The highest BCUT2D eigenvalue weighted by molar-refractivity contribution is 5.92.